The number of anilines is 1. The minimum absolute atomic E-state index is 0.0171. The highest BCUT2D eigenvalue weighted by atomic mass is 16.6. The molecule has 3 aromatic heterocycles. The van der Waals surface area contributed by atoms with Crippen LogP contribution in [0, 0.1) is 10.1 Å². The lowest BCUT2D eigenvalue weighted by molar-refractivity contribution is -0.384. The van der Waals surface area contributed by atoms with Crippen LogP contribution >= 0.6 is 0 Å². The van der Waals surface area contributed by atoms with Crippen molar-refractivity contribution in [2.75, 3.05) is 5.73 Å². The molecule has 9 heteroatoms. The highest BCUT2D eigenvalue weighted by Gasteiger charge is 2.24. The lowest BCUT2D eigenvalue weighted by atomic mass is 10.1. The molecular weight excluding hydrogens is 372 g/mol. The molecule has 0 saturated heterocycles. The first-order valence-corrected chi connectivity index (χ1v) is 9.11. The average molecular weight is 388 g/mol. The molecule has 1 fully saturated rings. The van der Waals surface area contributed by atoms with Crippen LogP contribution < -0.4 is 10.5 Å². The fourth-order valence-electron chi connectivity index (χ4n) is 3.17. The first-order chi connectivity index (χ1) is 14.1. The van der Waals surface area contributed by atoms with Crippen LogP contribution in [0.15, 0.2) is 54.9 Å². The molecule has 0 unspecified atom stereocenters. The summed E-state index contributed by atoms with van der Waals surface area (Å²) in [4.78, 5) is 23.8. The Kier molecular flexibility index (Phi) is 3.87. The number of ether oxygens (including phenoxy) is 1. The molecule has 1 aliphatic rings. The van der Waals surface area contributed by atoms with Gasteiger partial charge in [-0.15, -0.1) is 0 Å². The van der Waals surface area contributed by atoms with Gasteiger partial charge in [0.2, 0.25) is 11.8 Å². The van der Waals surface area contributed by atoms with E-state index in [0.29, 0.717) is 22.9 Å². The zero-order valence-corrected chi connectivity index (χ0v) is 15.2. The second-order valence-corrected chi connectivity index (χ2v) is 6.81. The average Bonchev–Trinajstić information content (AvgIpc) is 3.45. The van der Waals surface area contributed by atoms with Crippen LogP contribution in [0.5, 0.6) is 5.88 Å². The molecule has 1 saturated carbocycles. The third-order valence-corrected chi connectivity index (χ3v) is 4.74. The Hall–Kier alpha value is -4.01. The Balaban J connectivity index is 1.66. The molecule has 9 nitrogen and oxygen atoms in total. The molecule has 0 bridgehead atoms. The molecule has 29 heavy (non-hydrogen) atoms. The Bertz CT molecular complexity index is 1210. The van der Waals surface area contributed by atoms with Gasteiger partial charge in [0.1, 0.15) is 11.8 Å². The number of nitrogens with two attached hydrogens (primary N) is 1. The van der Waals surface area contributed by atoms with Crippen molar-refractivity contribution in [3.8, 4) is 28.4 Å². The maximum Gasteiger partial charge on any atom is 0.269 e. The molecule has 1 aliphatic carbocycles. The number of hydrogen-bond acceptors (Lipinski definition) is 7. The lowest BCUT2D eigenvalue weighted by Crippen LogP contribution is -2.02. The van der Waals surface area contributed by atoms with Gasteiger partial charge in [-0.3, -0.25) is 14.5 Å². The predicted molar refractivity (Wildman–Crippen MR) is 106 cm³/mol. The monoisotopic (exact) mass is 388 g/mol. The van der Waals surface area contributed by atoms with Gasteiger partial charge in [-0.25, -0.2) is 15.0 Å². The van der Waals surface area contributed by atoms with E-state index < -0.39 is 4.92 Å². The van der Waals surface area contributed by atoms with E-state index in [1.54, 1.807) is 35.0 Å². The Morgan fingerprint density at radius 2 is 1.83 bits per heavy atom. The summed E-state index contributed by atoms with van der Waals surface area (Å²) in [7, 11) is 0. The quantitative estimate of drug-likeness (QED) is 0.410. The predicted octanol–water partition coefficient (Wildman–Crippen LogP) is 3.49. The maximum atomic E-state index is 11.0. The molecule has 0 aliphatic heterocycles. The first kappa shape index (κ1) is 17.1. The van der Waals surface area contributed by atoms with Crippen molar-refractivity contribution in [1.82, 2.24) is 19.4 Å². The summed E-state index contributed by atoms with van der Waals surface area (Å²) in [5, 5.41) is 11.0. The van der Waals surface area contributed by atoms with Gasteiger partial charge < -0.3 is 10.5 Å². The van der Waals surface area contributed by atoms with Gasteiger partial charge in [0.05, 0.1) is 16.3 Å². The van der Waals surface area contributed by atoms with E-state index in [-0.39, 0.29) is 17.7 Å². The van der Waals surface area contributed by atoms with Gasteiger partial charge >= 0.3 is 0 Å². The lowest BCUT2D eigenvalue weighted by Gasteiger charge is -2.08. The summed E-state index contributed by atoms with van der Waals surface area (Å²) in [6, 6.07) is 11.7. The highest BCUT2D eigenvalue weighted by molar-refractivity contribution is 5.83. The number of nitrogens with zero attached hydrogens (tertiary/aromatic N) is 5. The van der Waals surface area contributed by atoms with Crippen LogP contribution in [0.25, 0.3) is 28.2 Å². The largest absolute Gasteiger partial charge is 0.474 e. The highest BCUT2D eigenvalue weighted by Crippen LogP contribution is 2.35. The zero-order chi connectivity index (χ0) is 20.0. The van der Waals surface area contributed by atoms with E-state index >= 15 is 0 Å². The van der Waals surface area contributed by atoms with Crippen molar-refractivity contribution in [2.24, 2.45) is 0 Å². The van der Waals surface area contributed by atoms with Crippen LogP contribution in [0.2, 0.25) is 0 Å². The smallest absolute Gasteiger partial charge is 0.269 e. The molecule has 0 atom stereocenters. The molecule has 0 spiro atoms. The van der Waals surface area contributed by atoms with Crippen LogP contribution in [-0.2, 0) is 0 Å². The summed E-state index contributed by atoms with van der Waals surface area (Å²) >= 11 is 0. The van der Waals surface area contributed by atoms with Crippen LogP contribution in [0.1, 0.15) is 12.8 Å². The number of imidazole rings is 1. The molecule has 0 amide bonds. The fourth-order valence-corrected chi connectivity index (χ4v) is 3.17. The number of nitro benzene ring substituents is 1. The number of nitro groups is 1. The van der Waals surface area contributed by atoms with Crippen LogP contribution in [0.3, 0.4) is 0 Å². The summed E-state index contributed by atoms with van der Waals surface area (Å²) in [5.41, 5.74) is 9.64. The zero-order valence-electron chi connectivity index (χ0n) is 15.2. The molecule has 4 aromatic rings. The van der Waals surface area contributed by atoms with Crippen LogP contribution in [0.4, 0.5) is 11.6 Å². The van der Waals surface area contributed by atoms with Crippen molar-refractivity contribution in [3.63, 3.8) is 0 Å². The maximum absolute atomic E-state index is 11.0. The Labute approximate surface area is 165 Å². The molecule has 3 heterocycles. The molecule has 144 valence electrons. The summed E-state index contributed by atoms with van der Waals surface area (Å²) in [6.07, 6.45) is 5.68. The fraction of sp³-hybridized carbons (Fsp3) is 0.150. The number of aromatic nitrogens is 4. The van der Waals surface area contributed by atoms with Crippen molar-refractivity contribution < 1.29 is 9.66 Å². The minimum atomic E-state index is -0.432. The minimum Gasteiger partial charge on any atom is -0.474 e. The van der Waals surface area contributed by atoms with Gasteiger partial charge in [-0.1, -0.05) is 0 Å². The van der Waals surface area contributed by atoms with E-state index in [1.807, 2.05) is 12.1 Å². The van der Waals surface area contributed by atoms with E-state index in [4.69, 9.17) is 10.5 Å². The number of hydrogen-bond donors (Lipinski definition) is 1. The third-order valence-electron chi connectivity index (χ3n) is 4.74. The van der Waals surface area contributed by atoms with E-state index in [0.717, 1.165) is 24.0 Å². The summed E-state index contributed by atoms with van der Waals surface area (Å²) in [5.74, 6) is 0.865. The van der Waals surface area contributed by atoms with Gasteiger partial charge in [-0.2, -0.15) is 0 Å². The van der Waals surface area contributed by atoms with Crippen molar-refractivity contribution >= 4 is 17.3 Å². The molecule has 0 radical (unpaired) electrons. The Morgan fingerprint density at radius 1 is 1.07 bits per heavy atom. The topological polar surface area (TPSA) is 121 Å². The number of pyridine rings is 1. The molecule has 1 aromatic carbocycles. The Morgan fingerprint density at radius 3 is 2.48 bits per heavy atom. The van der Waals surface area contributed by atoms with Crippen LogP contribution in [-0.4, -0.2) is 30.4 Å². The molecular formula is C20H16N6O3. The number of nitrogen functional groups attached to an aromatic ring is 1. The van der Waals surface area contributed by atoms with Crippen molar-refractivity contribution in [1.29, 1.82) is 0 Å². The second kappa shape index (κ2) is 6.55. The second-order valence-electron chi connectivity index (χ2n) is 6.81. The number of non-ortho nitro benzene ring substituents is 1. The van der Waals surface area contributed by atoms with Crippen molar-refractivity contribution in [3.05, 3.63) is 65.0 Å². The van der Waals surface area contributed by atoms with Gasteiger partial charge in [0.15, 0.2) is 0 Å². The normalized spacial score (nSPS) is 13.5. The van der Waals surface area contributed by atoms with E-state index in [9.17, 15) is 10.1 Å². The molecule has 5 rings (SSSR count). The number of fused-ring (bicyclic) bond motifs is 1. The SMILES string of the molecule is Nc1nccc2nc(-c3ccc([N+](=O)[O-])cc3)c(-c3ccc(OC4CC4)nc3)n12. The summed E-state index contributed by atoms with van der Waals surface area (Å²) < 4.78 is 7.47. The number of benzene rings is 1. The van der Waals surface area contributed by atoms with Gasteiger partial charge in [-0.05, 0) is 37.1 Å². The first-order valence-electron chi connectivity index (χ1n) is 9.11. The third kappa shape index (κ3) is 3.12. The number of rotatable bonds is 5. The van der Waals surface area contributed by atoms with Gasteiger partial charge in [0.25, 0.3) is 5.69 Å². The van der Waals surface area contributed by atoms with E-state index in [2.05, 4.69) is 15.0 Å². The molecule has 2 N–H and O–H groups in total. The van der Waals surface area contributed by atoms with Gasteiger partial charge in [0, 0.05) is 41.7 Å². The van der Waals surface area contributed by atoms with E-state index in [1.165, 1.54) is 12.1 Å². The summed E-state index contributed by atoms with van der Waals surface area (Å²) in [6.45, 7) is 0. The standard InChI is InChI=1S/C20H16N6O3/c21-20-22-10-9-16-24-18(12-1-4-14(5-2-12)26(27)28)19(25(16)20)13-3-8-17(23-11-13)29-15-6-7-15/h1-5,8-11,15H,6-7H2,(H2,21,22). The van der Waals surface area contributed by atoms with Crippen molar-refractivity contribution in [2.45, 2.75) is 18.9 Å².